The maximum atomic E-state index is 13.8. The summed E-state index contributed by atoms with van der Waals surface area (Å²) in [6.45, 7) is 4.15. The van der Waals surface area contributed by atoms with E-state index in [9.17, 15) is 4.79 Å². The number of thioether (sulfide) groups is 1. The number of rotatable bonds is 6. The van der Waals surface area contributed by atoms with Gasteiger partial charge in [0.05, 0.1) is 16.3 Å². The van der Waals surface area contributed by atoms with Crippen LogP contribution in [0.1, 0.15) is 22.3 Å². The molecular weight excluding hydrogens is 571 g/mol. The fourth-order valence-corrected chi connectivity index (χ4v) is 5.43. The minimum absolute atomic E-state index is 0.210. The predicted octanol–water partition coefficient (Wildman–Crippen LogP) is 9.65. The maximum absolute atomic E-state index is 13.8. The lowest BCUT2D eigenvalue weighted by molar-refractivity contribution is -0.113. The van der Waals surface area contributed by atoms with Crippen molar-refractivity contribution < 1.29 is 9.53 Å². The molecule has 0 saturated carbocycles. The van der Waals surface area contributed by atoms with E-state index in [1.165, 1.54) is 11.8 Å². The highest BCUT2D eigenvalue weighted by Crippen LogP contribution is 2.39. The molecule has 0 aliphatic carbocycles. The Morgan fingerprint density at radius 3 is 2.28 bits per heavy atom. The molecule has 1 aliphatic rings. The molecule has 4 aromatic rings. The highest BCUT2D eigenvalue weighted by Gasteiger charge is 2.35. The van der Waals surface area contributed by atoms with Crippen molar-refractivity contribution in [3.05, 3.63) is 127 Å². The first-order valence-electron chi connectivity index (χ1n) is 12.1. The Hall–Kier alpha value is -3.22. The van der Waals surface area contributed by atoms with Gasteiger partial charge in [-0.2, -0.15) is 0 Å². The molecule has 4 aromatic carbocycles. The van der Waals surface area contributed by atoms with Crippen LogP contribution in [0.15, 0.2) is 94.8 Å². The molecule has 0 N–H and O–H groups in total. The van der Waals surface area contributed by atoms with Gasteiger partial charge in [-0.05, 0) is 79.2 Å². The average Bonchev–Trinajstić information content (AvgIpc) is 3.22. The zero-order valence-electron chi connectivity index (χ0n) is 21.1. The topological polar surface area (TPSA) is 41.9 Å². The van der Waals surface area contributed by atoms with Crippen LogP contribution in [0, 0.1) is 13.8 Å². The molecule has 1 amide bonds. The minimum atomic E-state index is -0.210. The van der Waals surface area contributed by atoms with Crippen LogP contribution in [0.4, 0.5) is 11.4 Å². The molecule has 1 aliphatic heterocycles. The fourth-order valence-electron chi connectivity index (χ4n) is 3.90. The van der Waals surface area contributed by atoms with Gasteiger partial charge >= 0.3 is 0 Å². The van der Waals surface area contributed by atoms with Crippen LogP contribution < -0.4 is 9.64 Å². The number of aliphatic imine (C=N–C) groups is 1. The number of carbonyl (C=O) groups is 1. The van der Waals surface area contributed by atoms with Crippen molar-refractivity contribution in [2.24, 2.45) is 4.99 Å². The average molecular weight is 594 g/mol. The number of carbonyl (C=O) groups excluding carboxylic acids is 1. The second-order valence-corrected chi connectivity index (χ2v) is 11.2. The van der Waals surface area contributed by atoms with E-state index >= 15 is 0 Å². The molecule has 0 aromatic heterocycles. The molecule has 196 valence electrons. The molecule has 8 heteroatoms. The Kier molecular flexibility index (Phi) is 8.34. The highest BCUT2D eigenvalue weighted by molar-refractivity contribution is 8.19. The Morgan fingerprint density at radius 2 is 1.54 bits per heavy atom. The fraction of sp³-hybridized carbons (Fsp3) is 0.0968. The van der Waals surface area contributed by atoms with Gasteiger partial charge in [0, 0.05) is 26.2 Å². The van der Waals surface area contributed by atoms with Crippen LogP contribution in [0.3, 0.4) is 0 Å². The standard InChI is InChI=1S/C31H23Cl3N2O2S/c1-19-11-13-23(16-26(19)33)35-31-36(24-14-12-20(2)27(34)17-24)30(37)29(39-31)15-21-7-4-6-10-28(21)38-18-22-8-3-5-9-25(22)32/h3-17H,18H2,1-2H3/b29-15+,35-31?. The number of hydrogen-bond donors (Lipinski definition) is 0. The third-order valence-electron chi connectivity index (χ3n) is 6.15. The van der Waals surface area contributed by atoms with Crippen molar-refractivity contribution in [1.29, 1.82) is 0 Å². The quantitative estimate of drug-likeness (QED) is 0.209. The molecule has 0 bridgehead atoms. The molecule has 1 fully saturated rings. The lowest BCUT2D eigenvalue weighted by atomic mass is 10.1. The number of amides is 1. The third kappa shape index (κ3) is 6.18. The lowest BCUT2D eigenvalue weighted by Crippen LogP contribution is -2.28. The number of para-hydroxylation sites is 1. The smallest absolute Gasteiger partial charge is 0.271 e. The zero-order valence-corrected chi connectivity index (χ0v) is 24.2. The van der Waals surface area contributed by atoms with Gasteiger partial charge in [-0.25, -0.2) is 4.99 Å². The van der Waals surface area contributed by atoms with Crippen molar-refractivity contribution >= 4 is 75.1 Å². The summed E-state index contributed by atoms with van der Waals surface area (Å²) >= 11 is 20.4. The van der Waals surface area contributed by atoms with Gasteiger partial charge in [-0.15, -0.1) is 0 Å². The van der Waals surface area contributed by atoms with Crippen molar-refractivity contribution in [2.75, 3.05) is 4.90 Å². The van der Waals surface area contributed by atoms with Gasteiger partial charge in [-0.1, -0.05) is 83.3 Å². The van der Waals surface area contributed by atoms with Crippen molar-refractivity contribution in [1.82, 2.24) is 0 Å². The number of hydrogen-bond acceptors (Lipinski definition) is 4. The van der Waals surface area contributed by atoms with Gasteiger partial charge in [0.25, 0.3) is 5.91 Å². The molecule has 39 heavy (non-hydrogen) atoms. The predicted molar refractivity (Wildman–Crippen MR) is 165 cm³/mol. The second-order valence-electron chi connectivity index (χ2n) is 8.93. The van der Waals surface area contributed by atoms with Gasteiger partial charge in [0.1, 0.15) is 12.4 Å². The van der Waals surface area contributed by atoms with Gasteiger partial charge < -0.3 is 4.74 Å². The third-order valence-corrected chi connectivity index (χ3v) is 8.30. The largest absolute Gasteiger partial charge is 0.488 e. The van der Waals surface area contributed by atoms with Gasteiger partial charge in [0.15, 0.2) is 5.17 Å². The number of halogens is 3. The van der Waals surface area contributed by atoms with E-state index in [1.54, 1.807) is 17.0 Å². The highest BCUT2D eigenvalue weighted by atomic mass is 35.5. The van der Waals surface area contributed by atoms with Crippen LogP contribution >= 0.6 is 46.6 Å². The van der Waals surface area contributed by atoms with E-state index in [1.807, 2.05) is 92.7 Å². The van der Waals surface area contributed by atoms with Crippen LogP contribution in [0.2, 0.25) is 15.1 Å². The van der Waals surface area contributed by atoms with Crippen LogP contribution in [-0.4, -0.2) is 11.1 Å². The monoisotopic (exact) mass is 592 g/mol. The summed E-state index contributed by atoms with van der Waals surface area (Å²) in [5.74, 6) is 0.428. The molecule has 0 atom stereocenters. The van der Waals surface area contributed by atoms with E-state index in [4.69, 9.17) is 44.5 Å². The second kappa shape index (κ2) is 11.9. The number of anilines is 1. The van der Waals surface area contributed by atoms with Crippen LogP contribution in [-0.2, 0) is 11.4 Å². The molecule has 0 unspecified atom stereocenters. The molecular formula is C31H23Cl3N2O2S. The minimum Gasteiger partial charge on any atom is -0.488 e. The molecule has 1 heterocycles. The van der Waals surface area contributed by atoms with E-state index in [2.05, 4.69) is 0 Å². The van der Waals surface area contributed by atoms with E-state index < -0.39 is 0 Å². The number of nitrogens with zero attached hydrogens (tertiary/aromatic N) is 2. The van der Waals surface area contributed by atoms with Crippen LogP contribution in [0.5, 0.6) is 5.75 Å². The van der Waals surface area contributed by atoms with E-state index in [0.29, 0.717) is 48.9 Å². The van der Waals surface area contributed by atoms with Crippen molar-refractivity contribution in [3.63, 3.8) is 0 Å². The van der Waals surface area contributed by atoms with E-state index in [-0.39, 0.29) is 5.91 Å². The summed E-state index contributed by atoms with van der Waals surface area (Å²) in [5.41, 5.74) is 4.79. The maximum Gasteiger partial charge on any atom is 0.271 e. The summed E-state index contributed by atoms with van der Waals surface area (Å²) in [7, 11) is 0. The van der Waals surface area contributed by atoms with Crippen LogP contribution in [0.25, 0.3) is 6.08 Å². The molecule has 0 spiro atoms. The Labute approximate surface area is 246 Å². The summed E-state index contributed by atoms with van der Waals surface area (Å²) in [5, 5.41) is 2.31. The Balaban J connectivity index is 1.52. The van der Waals surface area contributed by atoms with Crippen molar-refractivity contribution in [2.45, 2.75) is 20.5 Å². The summed E-state index contributed by atoms with van der Waals surface area (Å²) in [6.07, 6.45) is 1.82. The molecule has 0 radical (unpaired) electrons. The summed E-state index contributed by atoms with van der Waals surface area (Å²) in [6, 6.07) is 26.2. The van der Waals surface area contributed by atoms with Gasteiger partial charge in [-0.3, -0.25) is 9.69 Å². The van der Waals surface area contributed by atoms with Gasteiger partial charge in [0.2, 0.25) is 0 Å². The normalized spacial score (nSPS) is 15.4. The number of ether oxygens (including phenoxy) is 1. The molecule has 4 nitrogen and oxygen atoms in total. The van der Waals surface area contributed by atoms with Crippen molar-refractivity contribution in [3.8, 4) is 5.75 Å². The number of aryl methyl sites for hydroxylation is 2. The summed E-state index contributed by atoms with van der Waals surface area (Å²) in [4.78, 5) is 20.7. The Bertz CT molecular complexity index is 1630. The molecule has 5 rings (SSSR count). The Morgan fingerprint density at radius 1 is 0.846 bits per heavy atom. The first kappa shape index (κ1) is 27.4. The SMILES string of the molecule is Cc1ccc(N=C2S/C(=C/c3ccccc3OCc3ccccc3Cl)C(=O)N2c2ccc(C)c(Cl)c2)cc1Cl. The molecule has 1 saturated heterocycles. The summed E-state index contributed by atoms with van der Waals surface area (Å²) < 4.78 is 6.11. The number of benzene rings is 4. The first-order valence-corrected chi connectivity index (χ1v) is 14.1. The number of amidine groups is 1. The lowest BCUT2D eigenvalue weighted by Gasteiger charge is -2.16. The van der Waals surface area contributed by atoms with E-state index in [0.717, 1.165) is 22.3 Å². The first-order chi connectivity index (χ1) is 18.8. The zero-order chi connectivity index (χ0) is 27.5.